The summed E-state index contributed by atoms with van der Waals surface area (Å²) in [5.41, 5.74) is 0.996. The lowest BCUT2D eigenvalue weighted by Crippen LogP contribution is -2.35. The van der Waals surface area contributed by atoms with E-state index in [1.807, 2.05) is 18.2 Å². The van der Waals surface area contributed by atoms with Crippen molar-refractivity contribution in [3.05, 3.63) is 64.1 Å². The van der Waals surface area contributed by atoms with Gasteiger partial charge in [-0.1, -0.05) is 24.3 Å². The summed E-state index contributed by atoms with van der Waals surface area (Å²) in [4.78, 5) is 24.4. The van der Waals surface area contributed by atoms with E-state index in [1.165, 1.54) is 0 Å². The number of hydrogen-bond acceptors (Lipinski definition) is 5. The Morgan fingerprint density at radius 3 is 2.93 bits per heavy atom. The number of carbonyl (C=O) groups is 1. The summed E-state index contributed by atoms with van der Waals surface area (Å²) < 4.78 is 11.0. The van der Waals surface area contributed by atoms with Gasteiger partial charge in [0.25, 0.3) is 11.5 Å². The van der Waals surface area contributed by atoms with E-state index in [1.54, 1.807) is 31.4 Å². The molecule has 1 aliphatic heterocycles. The van der Waals surface area contributed by atoms with Crippen LogP contribution in [0.3, 0.4) is 0 Å². The molecule has 1 aromatic heterocycles. The van der Waals surface area contributed by atoms with Crippen molar-refractivity contribution in [3.63, 3.8) is 0 Å². The van der Waals surface area contributed by atoms with Crippen LogP contribution in [0, 0.1) is 5.92 Å². The number of benzene rings is 2. The van der Waals surface area contributed by atoms with Gasteiger partial charge in [0.15, 0.2) is 5.69 Å². The van der Waals surface area contributed by atoms with E-state index in [-0.39, 0.29) is 23.1 Å². The van der Waals surface area contributed by atoms with Crippen LogP contribution in [0.5, 0.6) is 11.5 Å². The van der Waals surface area contributed by atoms with Crippen molar-refractivity contribution < 1.29 is 14.3 Å². The van der Waals surface area contributed by atoms with E-state index < -0.39 is 0 Å². The second-order valence-electron chi connectivity index (χ2n) is 6.51. The van der Waals surface area contributed by atoms with E-state index in [0.29, 0.717) is 23.9 Å². The summed E-state index contributed by atoms with van der Waals surface area (Å²) in [6.45, 7) is 0.972. The first-order valence-electron chi connectivity index (χ1n) is 8.71. The number of H-pyrrole nitrogens is 1. The van der Waals surface area contributed by atoms with Crippen molar-refractivity contribution in [1.29, 1.82) is 0 Å². The van der Waals surface area contributed by atoms with Crippen molar-refractivity contribution in [1.82, 2.24) is 15.5 Å². The second kappa shape index (κ2) is 7.11. The molecule has 1 unspecified atom stereocenters. The number of aromatic amines is 1. The standard InChI is InChI=1S/C20H19N3O4/c1-26-14-7-6-13-8-12(11-27-17(13)9-14)10-21-20(25)18-15-4-2-3-5-16(15)19(24)23-22-18/h2-7,9,12H,8,10-11H2,1H3,(H,21,25)(H,23,24). The SMILES string of the molecule is COc1ccc2c(c1)OCC(CNC(=O)c1n[nH]c(=O)c3ccccc13)C2. The number of amides is 1. The third kappa shape index (κ3) is 3.36. The van der Waals surface area contributed by atoms with Crippen molar-refractivity contribution in [2.24, 2.45) is 5.92 Å². The van der Waals surface area contributed by atoms with E-state index >= 15 is 0 Å². The minimum Gasteiger partial charge on any atom is -0.497 e. The predicted octanol–water partition coefficient (Wildman–Crippen LogP) is 1.91. The summed E-state index contributed by atoms with van der Waals surface area (Å²) in [7, 11) is 1.62. The third-order valence-corrected chi connectivity index (χ3v) is 4.72. The first-order valence-corrected chi connectivity index (χ1v) is 8.71. The van der Waals surface area contributed by atoms with Crippen LogP contribution in [0.4, 0.5) is 0 Å². The molecular weight excluding hydrogens is 346 g/mol. The molecule has 2 N–H and O–H groups in total. The largest absolute Gasteiger partial charge is 0.497 e. The molecule has 3 aromatic rings. The Hall–Kier alpha value is -3.35. The molecule has 7 heteroatoms. The molecule has 1 amide bonds. The maximum Gasteiger partial charge on any atom is 0.272 e. The molecule has 1 atom stereocenters. The minimum atomic E-state index is -0.317. The zero-order chi connectivity index (χ0) is 18.8. The number of nitrogens with one attached hydrogen (secondary N) is 2. The first kappa shape index (κ1) is 17.1. The maximum absolute atomic E-state index is 12.6. The Labute approximate surface area is 155 Å². The topological polar surface area (TPSA) is 93.3 Å². The van der Waals surface area contributed by atoms with Gasteiger partial charge in [-0.2, -0.15) is 5.10 Å². The molecule has 1 aliphatic rings. The number of nitrogens with zero attached hydrogens (tertiary/aromatic N) is 1. The van der Waals surface area contributed by atoms with Gasteiger partial charge in [-0.25, -0.2) is 5.10 Å². The molecule has 0 aliphatic carbocycles. The van der Waals surface area contributed by atoms with Crippen LogP contribution in [-0.2, 0) is 6.42 Å². The van der Waals surface area contributed by atoms with Crippen LogP contribution >= 0.6 is 0 Å². The van der Waals surface area contributed by atoms with E-state index in [0.717, 1.165) is 23.5 Å². The van der Waals surface area contributed by atoms with Gasteiger partial charge in [0, 0.05) is 23.9 Å². The number of rotatable bonds is 4. The Bertz CT molecular complexity index is 1060. The lowest BCUT2D eigenvalue weighted by Gasteiger charge is -2.25. The highest BCUT2D eigenvalue weighted by atomic mass is 16.5. The predicted molar refractivity (Wildman–Crippen MR) is 100 cm³/mol. The number of aromatic nitrogens is 2. The van der Waals surface area contributed by atoms with Crippen LogP contribution in [-0.4, -0.2) is 36.4 Å². The highest BCUT2D eigenvalue weighted by Gasteiger charge is 2.22. The van der Waals surface area contributed by atoms with Crippen molar-refractivity contribution in [2.45, 2.75) is 6.42 Å². The Kier molecular flexibility index (Phi) is 4.50. The Morgan fingerprint density at radius 2 is 2.11 bits per heavy atom. The van der Waals surface area contributed by atoms with E-state index in [9.17, 15) is 9.59 Å². The van der Waals surface area contributed by atoms with Gasteiger partial charge >= 0.3 is 0 Å². The molecular formula is C20H19N3O4. The van der Waals surface area contributed by atoms with Crippen molar-refractivity contribution in [3.8, 4) is 11.5 Å². The summed E-state index contributed by atoms with van der Waals surface area (Å²) in [5, 5.41) is 10.2. The minimum absolute atomic E-state index is 0.156. The van der Waals surface area contributed by atoms with Crippen LogP contribution < -0.4 is 20.3 Å². The van der Waals surface area contributed by atoms with Gasteiger partial charge in [0.05, 0.1) is 19.1 Å². The smallest absolute Gasteiger partial charge is 0.272 e. The van der Waals surface area contributed by atoms with Crippen LogP contribution in [0.1, 0.15) is 16.1 Å². The highest BCUT2D eigenvalue weighted by Crippen LogP contribution is 2.30. The summed E-state index contributed by atoms with van der Waals surface area (Å²) in [6.07, 6.45) is 0.805. The fraction of sp³-hybridized carbons (Fsp3) is 0.250. The zero-order valence-electron chi connectivity index (χ0n) is 14.8. The fourth-order valence-electron chi connectivity index (χ4n) is 3.28. The monoisotopic (exact) mass is 365 g/mol. The average molecular weight is 365 g/mol. The summed E-state index contributed by atoms with van der Waals surface area (Å²) in [6, 6.07) is 12.7. The van der Waals surface area contributed by atoms with Gasteiger partial charge in [0.2, 0.25) is 0 Å². The number of hydrogen-bond donors (Lipinski definition) is 2. The number of ether oxygens (including phenoxy) is 2. The molecule has 138 valence electrons. The van der Waals surface area contributed by atoms with E-state index in [4.69, 9.17) is 9.47 Å². The molecule has 0 saturated heterocycles. The molecule has 0 spiro atoms. The molecule has 27 heavy (non-hydrogen) atoms. The number of methoxy groups -OCH3 is 1. The molecule has 0 radical (unpaired) electrons. The van der Waals surface area contributed by atoms with Crippen molar-refractivity contribution >= 4 is 16.7 Å². The quantitative estimate of drug-likeness (QED) is 0.737. The van der Waals surface area contributed by atoms with Crippen LogP contribution in [0.15, 0.2) is 47.3 Å². The molecule has 4 rings (SSSR count). The lowest BCUT2D eigenvalue weighted by molar-refractivity contribution is 0.0935. The van der Waals surface area contributed by atoms with Crippen molar-refractivity contribution in [2.75, 3.05) is 20.3 Å². The van der Waals surface area contributed by atoms with E-state index in [2.05, 4.69) is 15.5 Å². The van der Waals surface area contributed by atoms with Gasteiger partial charge in [0.1, 0.15) is 11.5 Å². The first-order chi connectivity index (χ1) is 13.2. The summed E-state index contributed by atoms with van der Waals surface area (Å²) in [5.74, 6) is 1.42. The number of carbonyl (C=O) groups excluding carboxylic acids is 1. The van der Waals surface area contributed by atoms with Gasteiger partial charge in [-0.05, 0) is 24.1 Å². The fourth-order valence-corrected chi connectivity index (χ4v) is 3.28. The Balaban J connectivity index is 1.46. The Morgan fingerprint density at radius 1 is 1.30 bits per heavy atom. The summed E-state index contributed by atoms with van der Waals surface area (Å²) >= 11 is 0. The third-order valence-electron chi connectivity index (χ3n) is 4.72. The van der Waals surface area contributed by atoms with Crippen LogP contribution in [0.25, 0.3) is 10.8 Å². The molecule has 0 fully saturated rings. The molecule has 2 aromatic carbocycles. The lowest BCUT2D eigenvalue weighted by atomic mass is 9.96. The van der Waals surface area contributed by atoms with Gasteiger partial charge < -0.3 is 14.8 Å². The van der Waals surface area contributed by atoms with Gasteiger partial charge in [-0.15, -0.1) is 0 Å². The highest BCUT2D eigenvalue weighted by molar-refractivity contribution is 6.04. The number of fused-ring (bicyclic) bond motifs is 2. The maximum atomic E-state index is 12.6. The second-order valence-corrected chi connectivity index (χ2v) is 6.51. The normalized spacial score (nSPS) is 15.7. The zero-order valence-corrected chi connectivity index (χ0v) is 14.8. The average Bonchev–Trinajstić information content (AvgIpc) is 2.72. The molecule has 7 nitrogen and oxygen atoms in total. The molecule has 2 heterocycles. The van der Waals surface area contributed by atoms with Gasteiger partial charge in [-0.3, -0.25) is 9.59 Å². The van der Waals surface area contributed by atoms with Crippen LogP contribution in [0.2, 0.25) is 0 Å². The molecule has 0 saturated carbocycles. The molecule has 0 bridgehead atoms.